The minimum absolute atomic E-state index is 0.0203. The Morgan fingerprint density at radius 3 is 2.22 bits per heavy atom. The van der Waals surface area contributed by atoms with Crippen molar-refractivity contribution in [2.45, 2.75) is 53.5 Å². The predicted octanol–water partition coefficient (Wildman–Crippen LogP) is 2.22. The van der Waals surface area contributed by atoms with Gasteiger partial charge >= 0.3 is 12.0 Å². The van der Waals surface area contributed by atoms with Crippen molar-refractivity contribution in [3.63, 3.8) is 0 Å². The second kappa shape index (κ2) is 7.24. The summed E-state index contributed by atoms with van der Waals surface area (Å²) in [6.45, 7) is 10.4. The van der Waals surface area contributed by atoms with Crippen molar-refractivity contribution in [3.05, 3.63) is 0 Å². The molecule has 5 heteroatoms. The molecule has 0 aliphatic heterocycles. The smallest absolute Gasteiger partial charge is 0.326 e. The number of hydrogen-bond donors (Lipinski definition) is 3. The molecule has 0 aromatic carbocycles. The van der Waals surface area contributed by atoms with Crippen LogP contribution in [0.3, 0.4) is 0 Å². The summed E-state index contributed by atoms with van der Waals surface area (Å²) < 4.78 is 0. The third kappa shape index (κ3) is 5.89. The molecule has 0 saturated carbocycles. The Labute approximate surface area is 109 Å². The van der Waals surface area contributed by atoms with Crippen LogP contribution in [-0.4, -0.2) is 29.7 Å². The van der Waals surface area contributed by atoms with E-state index in [0.717, 1.165) is 6.42 Å². The second-order valence-electron chi connectivity index (χ2n) is 5.55. The molecule has 5 nitrogen and oxygen atoms in total. The zero-order valence-electron chi connectivity index (χ0n) is 12.0. The van der Waals surface area contributed by atoms with Crippen LogP contribution in [0.15, 0.2) is 0 Å². The molecule has 0 saturated heterocycles. The molecular weight excluding hydrogens is 232 g/mol. The highest BCUT2D eigenvalue weighted by molar-refractivity contribution is 5.82. The maximum absolute atomic E-state index is 11.7. The number of carboxylic acid groups (broad SMARTS) is 1. The number of hydrogen-bond acceptors (Lipinski definition) is 2. The standard InChI is InChI=1S/C13H26N2O3/c1-6-9(3)10(11(16)17)15-12(18)14-8-13(4,5)7-2/h9-10H,6-8H2,1-5H3,(H,16,17)(H2,14,15,18)/t9-,10-/m0/s1. The molecule has 0 heterocycles. The van der Waals surface area contributed by atoms with Crippen LogP contribution in [0.1, 0.15) is 47.5 Å². The second-order valence-corrected chi connectivity index (χ2v) is 5.55. The van der Waals surface area contributed by atoms with E-state index in [1.807, 2.05) is 13.8 Å². The van der Waals surface area contributed by atoms with Crippen molar-refractivity contribution in [2.75, 3.05) is 6.54 Å². The van der Waals surface area contributed by atoms with Crippen LogP contribution in [-0.2, 0) is 4.79 Å². The molecule has 0 fully saturated rings. The Morgan fingerprint density at radius 1 is 1.28 bits per heavy atom. The molecule has 2 atom stereocenters. The van der Waals surface area contributed by atoms with Crippen molar-refractivity contribution in [2.24, 2.45) is 11.3 Å². The Balaban J connectivity index is 4.32. The van der Waals surface area contributed by atoms with Crippen LogP contribution >= 0.6 is 0 Å². The van der Waals surface area contributed by atoms with E-state index in [9.17, 15) is 9.59 Å². The maximum Gasteiger partial charge on any atom is 0.326 e. The molecule has 3 N–H and O–H groups in total. The lowest BCUT2D eigenvalue weighted by Gasteiger charge is -2.25. The Hall–Kier alpha value is -1.26. The van der Waals surface area contributed by atoms with E-state index in [0.29, 0.717) is 13.0 Å². The molecule has 0 aromatic heterocycles. The highest BCUT2D eigenvalue weighted by Crippen LogP contribution is 2.17. The van der Waals surface area contributed by atoms with Gasteiger partial charge in [-0.05, 0) is 17.8 Å². The molecule has 0 aliphatic rings. The van der Waals surface area contributed by atoms with Crippen LogP contribution in [0.4, 0.5) is 4.79 Å². The molecule has 0 rings (SSSR count). The third-order valence-corrected chi connectivity index (χ3v) is 3.45. The van der Waals surface area contributed by atoms with Gasteiger partial charge in [0.05, 0.1) is 0 Å². The van der Waals surface area contributed by atoms with Gasteiger partial charge in [0.2, 0.25) is 0 Å². The molecule has 0 radical (unpaired) electrons. The Bertz CT molecular complexity index is 290. The summed E-state index contributed by atoms with van der Waals surface area (Å²) in [4.78, 5) is 22.7. The van der Waals surface area contributed by atoms with Gasteiger partial charge in [0, 0.05) is 6.54 Å². The van der Waals surface area contributed by atoms with Crippen LogP contribution in [0.2, 0.25) is 0 Å². The largest absolute Gasteiger partial charge is 0.480 e. The van der Waals surface area contributed by atoms with Crippen LogP contribution in [0.25, 0.3) is 0 Å². The topological polar surface area (TPSA) is 78.4 Å². The lowest BCUT2D eigenvalue weighted by Crippen LogP contribution is -2.50. The summed E-state index contributed by atoms with van der Waals surface area (Å²) in [6.07, 6.45) is 1.65. The summed E-state index contributed by atoms with van der Waals surface area (Å²) in [5.41, 5.74) is 0.0203. The summed E-state index contributed by atoms with van der Waals surface area (Å²) in [5.74, 6) is -1.08. The number of nitrogens with one attached hydrogen (secondary N) is 2. The van der Waals surface area contributed by atoms with Crippen LogP contribution < -0.4 is 10.6 Å². The molecule has 0 aromatic rings. The highest BCUT2D eigenvalue weighted by atomic mass is 16.4. The van der Waals surface area contributed by atoms with Crippen LogP contribution in [0.5, 0.6) is 0 Å². The lowest BCUT2D eigenvalue weighted by atomic mass is 9.90. The molecular formula is C13H26N2O3. The van der Waals surface area contributed by atoms with Gasteiger partial charge in [-0.3, -0.25) is 0 Å². The van der Waals surface area contributed by atoms with E-state index in [2.05, 4.69) is 31.4 Å². The fraction of sp³-hybridized carbons (Fsp3) is 0.846. The molecule has 106 valence electrons. The number of amides is 2. The van der Waals surface area contributed by atoms with Gasteiger partial charge in [0.25, 0.3) is 0 Å². The first-order chi connectivity index (χ1) is 8.23. The van der Waals surface area contributed by atoms with Gasteiger partial charge in [-0.15, -0.1) is 0 Å². The quantitative estimate of drug-likeness (QED) is 0.655. The van der Waals surface area contributed by atoms with Crippen molar-refractivity contribution < 1.29 is 14.7 Å². The lowest BCUT2D eigenvalue weighted by molar-refractivity contribution is -0.140. The van der Waals surface area contributed by atoms with Crippen molar-refractivity contribution in [1.82, 2.24) is 10.6 Å². The summed E-state index contributed by atoms with van der Waals surface area (Å²) in [5, 5.41) is 14.3. The van der Waals surface area contributed by atoms with Crippen LogP contribution in [0, 0.1) is 11.3 Å². The number of carbonyl (C=O) groups excluding carboxylic acids is 1. The highest BCUT2D eigenvalue weighted by Gasteiger charge is 2.25. The van der Waals surface area contributed by atoms with Gasteiger partial charge in [0.15, 0.2) is 0 Å². The first-order valence-corrected chi connectivity index (χ1v) is 6.50. The summed E-state index contributed by atoms with van der Waals surface area (Å²) in [6, 6.07) is -1.25. The normalized spacial score (nSPS) is 14.7. The number of carboxylic acids is 1. The number of urea groups is 1. The van der Waals surface area contributed by atoms with E-state index in [-0.39, 0.29) is 11.3 Å². The summed E-state index contributed by atoms with van der Waals surface area (Å²) >= 11 is 0. The Morgan fingerprint density at radius 2 is 1.83 bits per heavy atom. The van der Waals surface area contributed by atoms with Crippen molar-refractivity contribution in [3.8, 4) is 0 Å². The van der Waals surface area contributed by atoms with Gasteiger partial charge in [-0.25, -0.2) is 9.59 Å². The molecule has 18 heavy (non-hydrogen) atoms. The van der Waals surface area contributed by atoms with E-state index in [4.69, 9.17) is 5.11 Å². The number of aliphatic carboxylic acids is 1. The van der Waals surface area contributed by atoms with Gasteiger partial charge in [0.1, 0.15) is 6.04 Å². The van der Waals surface area contributed by atoms with E-state index in [1.165, 1.54) is 0 Å². The third-order valence-electron chi connectivity index (χ3n) is 3.45. The van der Waals surface area contributed by atoms with E-state index < -0.39 is 18.0 Å². The average Bonchev–Trinajstić information content (AvgIpc) is 2.32. The molecule has 2 amide bonds. The molecule has 0 bridgehead atoms. The fourth-order valence-electron chi connectivity index (χ4n) is 1.32. The summed E-state index contributed by atoms with van der Waals surface area (Å²) in [7, 11) is 0. The minimum Gasteiger partial charge on any atom is -0.480 e. The van der Waals surface area contributed by atoms with Gasteiger partial charge < -0.3 is 15.7 Å². The predicted molar refractivity (Wildman–Crippen MR) is 71.5 cm³/mol. The van der Waals surface area contributed by atoms with Crippen molar-refractivity contribution >= 4 is 12.0 Å². The van der Waals surface area contributed by atoms with Crippen molar-refractivity contribution in [1.29, 1.82) is 0 Å². The zero-order valence-corrected chi connectivity index (χ0v) is 12.0. The van der Waals surface area contributed by atoms with E-state index >= 15 is 0 Å². The monoisotopic (exact) mass is 258 g/mol. The molecule has 0 unspecified atom stereocenters. The number of carbonyl (C=O) groups is 2. The SMILES string of the molecule is CC[C@H](C)[C@H](NC(=O)NCC(C)(C)CC)C(=O)O. The zero-order chi connectivity index (χ0) is 14.3. The first-order valence-electron chi connectivity index (χ1n) is 6.50. The maximum atomic E-state index is 11.7. The minimum atomic E-state index is -0.991. The number of rotatable bonds is 7. The average molecular weight is 258 g/mol. The van der Waals surface area contributed by atoms with Gasteiger partial charge in [-0.2, -0.15) is 0 Å². The fourth-order valence-corrected chi connectivity index (χ4v) is 1.32. The van der Waals surface area contributed by atoms with Gasteiger partial charge in [-0.1, -0.05) is 41.0 Å². The Kier molecular flexibility index (Phi) is 6.73. The molecule has 0 spiro atoms. The first kappa shape index (κ1) is 16.7. The molecule has 0 aliphatic carbocycles. The van der Waals surface area contributed by atoms with E-state index in [1.54, 1.807) is 0 Å².